The van der Waals surface area contributed by atoms with Gasteiger partial charge in [0.1, 0.15) is 24.9 Å². The second-order valence-corrected chi connectivity index (χ2v) is 8.11. The Hall–Kier alpha value is -3.21. The van der Waals surface area contributed by atoms with E-state index in [1.807, 2.05) is 0 Å². The third-order valence-corrected chi connectivity index (χ3v) is 5.79. The summed E-state index contributed by atoms with van der Waals surface area (Å²) in [7, 11) is 0. The first-order valence-corrected chi connectivity index (χ1v) is 11.1. The highest BCUT2D eigenvalue weighted by atomic mass is 19.1. The van der Waals surface area contributed by atoms with Gasteiger partial charge in [0.05, 0.1) is 5.69 Å². The molecule has 0 unspecified atom stereocenters. The zero-order valence-corrected chi connectivity index (χ0v) is 18.2. The summed E-state index contributed by atoms with van der Waals surface area (Å²) in [5.41, 5.74) is -0.0844. The fourth-order valence-corrected chi connectivity index (χ4v) is 3.97. The molecule has 2 N–H and O–H groups in total. The van der Waals surface area contributed by atoms with Gasteiger partial charge in [-0.15, -0.1) is 0 Å². The van der Waals surface area contributed by atoms with E-state index in [1.54, 1.807) is 0 Å². The number of carbonyl (C=O) groups is 1. The number of benzene rings is 1. The topological polar surface area (TPSA) is 100 Å². The molecule has 11 heteroatoms. The van der Waals surface area contributed by atoms with Crippen LogP contribution in [-0.2, 0) is 0 Å². The van der Waals surface area contributed by atoms with Gasteiger partial charge in [-0.05, 0) is 25.9 Å². The van der Waals surface area contributed by atoms with Crippen LogP contribution < -0.4 is 14.8 Å². The molecule has 1 aromatic carbocycles. The number of halogens is 2. The summed E-state index contributed by atoms with van der Waals surface area (Å²) < 4.78 is 40.3. The summed E-state index contributed by atoms with van der Waals surface area (Å²) >= 11 is 0. The normalized spacial score (nSPS) is 17.2. The van der Waals surface area contributed by atoms with E-state index >= 15 is 0 Å². The number of rotatable bonds is 8. The fourth-order valence-electron chi connectivity index (χ4n) is 3.97. The first-order chi connectivity index (χ1) is 16.0. The molecule has 0 aliphatic carbocycles. The highest BCUT2D eigenvalue weighted by molar-refractivity contribution is 5.65. The highest BCUT2D eigenvalue weighted by Gasteiger charge is 2.24. The van der Waals surface area contributed by atoms with Crippen molar-refractivity contribution >= 4 is 17.6 Å². The van der Waals surface area contributed by atoms with E-state index in [0.29, 0.717) is 39.1 Å². The molecule has 0 atom stereocenters. The van der Waals surface area contributed by atoms with Crippen LogP contribution in [0.3, 0.4) is 0 Å². The molecule has 1 amide bonds. The fraction of sp³-hybridized carbons (Fsp3) is 0.500. The minimum absolute atomic E-state index is 0.0844. The molecular weight excluding hydrogens is 436 g/mol. The zero-order chi connectivity index (χ0) is 23.2. The Kier molecular flexibility index (Phi) is 7.38. The molecular formula is C22H27F2N5O4. The smallest absolute Gasteiger partial charge is 0.407 e. The number of piperidine rings is 1. The number of likely N-dealkylation sites (tertiary alicyclic amines) is 2. The summed E-state index contributed by atoms with van der Waals surface area (Å²) in [5, 5.41) is 11.8. The minimum Gasteiger partial charge on any atom is -0.489 e. The Morgan fingerprint density at radius 3 is 2.58 bits per heavy atom. The Morgan fingerprint density at radius 2 is 1.85 bits per heavy atom. The number of carboxylic acid groups (broad SMARTS) is 1. The summed E-state index contributed by atoms with van der Waals surface area (Å²) in [6.45, 7) is 3.76. The first-order valence-electron chi connectivity index (χ1n) is 11.1. The second-order valence-electron chi connectivity index (χ2n) is 8.11. The molecule has 2 aromatic rings. The van der Waals surface area contributed by atoms with E-state index in [1.165, 1.54) is 17.3 Å². The van der Waals surface area contributed by atoms with Gasteiger partial charge >= 0.3 is 6.09 Å². The number of nitrogens with zero attached hydrogens (tertiary/aromatic N) is 4. The SMILES string of the molecule is O=C(O)N1CCC(Oc2cc(Nc3cc(F)c(OCCN4CCCC4)cc3F)ncn2)CC1. The van der Waals surface area contributed by atoms with E-state index in [0.717, 1.165) is 38.1 Å². The van der Waals surface area contributed by atoms with Crippen molar-refractivity contribution in [2.24, 2.45) is 0 Å². The Labute approximate surface area is 190 Å². The summed E-state index contributed by atoms with van der Waals surface area (Å²) in [4.78, 5) is 22.7. The summed E-state index contributed by atoms with van der Waals surface area (Å²) in [5.74, 6) is -0.963. The average molecular weight is 463 g/mol. The molecule has 3 heterocycles. The van der Waals surface area contributed by atoms with Crippen molar-refractivity contribution in [1.82, 2.24) is 19.8 Å². The van der Waals surface area contributed by atoms with Crippen LogP contribution in [0.1, 0.15) is 25.7 Å². The molecule has 0 saturated carbocycles. The van der Waals surface area contributed by atoms with Crippen molar-refractivity contribution in [3.05, 3.63) is 36.2 Å². The average Bonchev–Trinajstić information content (AvgIpc) is 3.31. The lowest BCUT2D eigenvalue weighted by atomic mass is 10.1. The molecule has 4 rings (SSSR count). The monoisotopic (exact) mass is 463 g/mol. The van der Waals surface area contributed by atoms with Crippen LogP contribution in [-0.4, -0.2) is 76.4 Å². The minimum atomic E-state index is -0.945. The van der Waals surface area contributed by atoms with Crippen molar-refractivity contribution in [3.8, 4) is 11.6 Å². The largest absolute Gasteiger partial charge is 0.489 e. The number of ether oxygens (including phenoxy) is 2. The molecule has 1 aromatic heterocycles. The molecule has 9 nitrogen and oxygen atoms in total. The lowest BCUT2D eigenvalue weighted by Gasteiger charge is -2.29. The molecule has 0 radical (unpaired) electrons. The molecule has 0 bridgehead atoms. The van der Waals surface area contributed by atoms with Gasteiger partial charge in [0.15, 0.2) is 17.4 Å². The molecule has 178 valence electrons. The molecule has 2 aliphatic rings. The number of hydrogen-bond acceptors (Lipinski definition) is 7. The number of nitrogens with one attached hydrogen (secondary N) is 1. The van der Waals surface area contributed by atoms with Crippen molar-refractivity contribution in [1.29, 1.82) is 0 Å². The van der Waals surface area contributed by atoms with Crippen LogP contribution in [0.25, 0.3) is 0 Å². The maximum Gasteiger partial charge on any atom is 0.407 e. The molecule has 2 aliphatic heterocycles. The van der Waals surface area contributed by atoms with Crippen LogP contribution in [0.2, 0.25) is 0 Å². The third kappa shape index (κ3) is 6.19. The Balaban J connectivity index is 1.33. The highest BCUT2D eigenvalue weighted by Crippen LogP contribution is 2.28. The van der Waals surface area contributed by atoms with Gasteiger partial charge < -0.3 is 24.8 Å². The van der Waals surface area contributed by atoms with Gasteiger partial charge in [-0.1, -0.05) is 0 Å². The lowest BCUT2D eigenvalue weighted by molar-refractivity contribution is 0.0870. The zero-order valence-electron chi connectivity index (χ0n) is 18.2. The van der Waals surface area contributed by atoms with Crippen LogP contribution >= 0.6 is 0 Å². The Bertz CT molecular complexity index is 966. The molecule has 33 heavy (non-hydrogen) atoms. The van der Waals surface area contributed by atoms with Gasteiger partial charge in [0.2, 0.25) is 5.88 Å². The molecule has 0 spiro atoms. The maximum absolute atomic E-state index is 14.6. The van der Waals surface area contributed by atoms with Crippen LogP contribution in [0, 0.1) is 11.6 Å². The summed E-state index contributed by atoms with van der Waals surface area (Å²) in [6, 6.07) is 3.54. The van der Waals surface area contributed by atoms with E-state index < -0.39 is 17.7 Å². The van der Waals surface area contributed by atoms with Crippen LogP contribution in [0.15, 0.2) is 24.5 Å². The predicted molar refractivity (Wildman–Crippen MR) is 116 cm³/mol. The standard InChI is InChI=1S/C22H27F2N5O4/c23-16-12-19(32-10-9-28-5-1-2-6-28)17(24)11-18(16)27-20-13-21(26-14-25-20)33-15-3-7-29(8-4-15)22(30)31/h11-15H,1-10H2,(H,30,31)(H,25,26,27). The maximum atomic E-state index is 14.6. The molecule has 2 saturated heterocycles. The van der Waals surface area contributed by atoms with E-state index in [9.17, 15) is 13.6 Å². The second kappa shape index (κ2) is 10.6. The lowest BCUT2D eigenvalue weighted by Crippen LogP contribution is -2.41. The van der Waals surface area contributed by atoms with Crippen LogP contribution in [0.4, 0.5) is 25.1 Å². The van der Waals surface area contributed by atoms with Crippen molar-refractivity contribution in [3.63, 3.8) is 0 Å². The van der Waals surface area contributed by atoms with Gasteiger partial charge in [0.25, 0.3) is 0 Å². The van der Waals surface area contributed by atoms with Crippen molar-refractivity contribution < 1.29 is 28.2 Å². The number of aromatic nitrogens is 2. The quantitative estimate of drug-likeness (QED) is 0.614. The number of hydrogen-bond donors (Lipinski definition) is 2. The van der Waals surface area contributed by atoms with Crippen molar-refractivity contribution in [2.75, 3.05) is 44.6 Å². The number of anilines is 2. The van der Waals surface area contributed by atoms with E-state index in [2.05, 4.69) is 20.2 Å². The first kappa shape index (κ1) is 23.0. The third-order valence-electron chi connectivity index (χ3n) is 5.79. The van der Waals surface area contributed by atoms with E-state index in [4.69, 9.17) is 14.6 Å². The predicted octanol–water partition coefficient (Wildman–Crippen LogP) is 3.49. The summed E-state index contributed by atoms with van der Waals surface area (Å²) in [6.07, 6.45) is 3.52. The van der Waals surface area contributed by atoms with Gasteiger partial charge in [-0.25, -0.2) is 23.5 Å². The van der Waals surface area contributed by atoms with Gasteiger partial charge in [0, 0.05) is 50.7 Å². The van der Waals surface area contributed by atoms with Crippen LogP contribution in [0.5, 0.6) is 11.6 Å². The van der Waals surface area contributed by atoms with Gasteiger partial charge in [-0.2, -0.15) is 0 Å². The van der Waals surface area contributed by atoms with Crippen molar-refractivity contribution in [2.45, 2.75) is 31.8 Å². The number of amides is 1. The Morgan fingerprint density at radius 1 is 1.09 bits per heavy atom. The molecule has 2 fully saturated rings. The van der Waals surface area contributed by atoms with Gasteiger partial charge in [-0.3, -0.25) is 4.90 Å². The van der Waals surface area contributed by atoms with E-state index in [-0.39, 0.29) is 29.2 Å².